The van der Waals surface area contributed by atoms with E-state index >= 15 is 0 Å². The average molecular weight is 576 g/mol. The number of anilines is 2. The molecule has 0 unspecified atom stereocenters. The molecule has 13 heteroatoms. The van der Waals surface area contributed by atoms with E-state index in [9.17, 15) is 21.6 Å². The Morgan fingerprint density at radius 1 is 0.897 bits per heavy atom. The molecule has 1 fully saturated rings. The van der Waals surface area contributed by atoms with Crippen molar-refractivity contribution in [1.82, 2.24) is 4.31 Å². The molecule has 3 aromatic carbocycles. The Labute approximate surface area is 228 Å². The zero-order chi connectivity index (χ0) is 28.0. The Morgan fingerprint density at radius 3 is 2.18 bits per heavy atom. The highest BCUT2D eigenvalue weighted by molar-refractivity contribution is 7.93. The van der Waals surface area contributed by atoms with Crippen molar-refractivity contribution in [2.75, 3.05) is 56.7 Å². The van der Waals surface area contributed by atoms with Crippen molar-refractivity contribution in [2.24, 2.45) is 0 Å². The van der Waals surface area contributed by atoms with Crippen molar-refractivity contribution in [1.29, 1.82) is 0 Å². The molecule has 39 heavy (non-hydrogen) atoms. The van der Waals surface area contributed by atoms with Crippen molar-refractivity contribution < 1.29 is 35.8 Å². The second-order valence-corrected chi connectivity index (χ2v) is 12.3. The number of ether oxygens (including phenoxy) is 3. The molecule has 0 aliphatic carbocycles. The second kappa shape index (κ2) is 12.0. The van der Waals surface area contributed by atoms with Crippen LogP contribution in [-0.2, 0) is 29.6 Å². The van der Waals surface area contributed by atoms with Crippen LogP contribution in [0.3, 0.4) is 0 Å². The molecule has 0 saturated carbocycles. The first-order valence-corrected chi connectivity index (χ1v) is 14.8. The van der Waals surface area contributed by atoms with E-state index in [4.69, 9.17) is 14.2 Å². The first-order valence-electron chi connectivity index (χ1n) is 11.9. The molecule has 208 valence electrons. The Morgan fingerprint density at radius 2 is 1.56 bits per heavy atom. The van der Waals surface area contributed by atoms with E-state index in [1.54, 1.807) is 24.3 Å². The lowest BCUT2D eigenvalue weighted by atomic mass is 10.2. The van der Waals surface area contributed by atoms with Gasteiger partial charge in [0.05, 0.1) is 42.9 Å². The molecule has 1 aliphatic heterocycles. The van der Waals surface area contributed by atoms with Crippen LogP contribution < -0.4 is 19.1 Å². The number of nitrogens with zero attached hydrogens (tertiary/aromatic N) is 2. The molecule has 1 heterocycles. The van der Waals surface area contributed by atoms with Gasteiger partial charge in [0.1, 0.15) is 18.0 Å². The van der Waals surface area contributed by atoms with E-state index in [1.807, 2.05) is 0 Å². The smallest absolute Gasteiger partial charge is 0.264 e. The van der Waals surface area contributed by atoms with Crippen LogP contribution in [0.15, 0.2) is 82.6 Å². The Bertz CT molecular complexity index is 1510. The average Bonchev–Trinajstić information content (AvgIpc) is 2.96. The summed E-state index contributed by atoms with van der Waals surface area (Å²) in [6, 6.07) is 18.0. The van der Waals surface area contributed by atoms with Crippen LogP contribution >= 0.6 is 0 Å². The molecule has 3 aromatic rings. The number of morpholine rings is 1. The number of hydrogen-bond acceptors (Lipinski definition) is 8. The van der Waals surface area contributed by atoms with E-state index in [-0.39, 0.29) is 34.3 Å². The lowest BCUT2D eigenvalue weighted by Crippen LogP contribution is -2.40. The topological polar surface area (TPSA) is 132 Å². The molecule has 1 N–H and O–H groups in total. The summed E-state index contributed by atoms with van der Waals surface area (Å²) in [7, 11) is -5.02. The van der Waals surface area contributed by atoms with E-state index in [0.717, 1.165) is 4.31 Å². The second-order valence-electron chi connectivity index (χ2n) is 8.45. The number of hydrogen-bond donors (Lipinski definition) is 1. The summed E-state index contributed by atoms with van der Waals surface area (Å²) in [5, 5.41) is 2.64. The van der Waals surface area contributed by atoms with Gasteiger partial charge in [0.15, 0.2) is 0 Å². The summed E-state index contributed by atoms with van der Waals surface area (Å²) < 4.78 is 71.1. The van der Waals surface area contributed by atoms with Gasteiger partial charge in [-0.05, 0) is 48.5 Å². The van der Waals surface area contributed by atoms with Gasteiger partial charge >= 0.3 is 0 Å². The van der Waals surface area contributed by atoms with Gasteiger partial charge in [-0.3, -0.25) is 9.10 Å². The lowest BCUT2D eigenvalue weighted by Gasteiger charge is -2.26. The molecule has 1 amide bonds. The molecular formula is C26H29N3O8S2. The van der Waals surface area contributed by atoms with Crippen LogP contribution in [-0.4, -0.2) is 74.1 Å². The highest BCUT2D eigenvalue weighted by Crippen LogP contribution is 2.35. The van der Waals surface area contributed by atoms with E-state index in [0.29, 0.717) is 24.7 Å². The van der Waals surface area contributed by atoms with Gasteiger partial charge in [0, 0.05) is 24.8 Å². The molecule has 0 atom stereocenters. The molecular weight excluding hydrogens is 546 g/mol. The SMILES string of the molecule is COc1ccc(N(CC(=O)Nc2ccc(S(=O)(=O)N3CCOCC3)cc2)S(=O)(=O)c2ccccc2)c(OC)c1. The first kappa shape index (κ1) is 28.4. The number of sulfonamides is 2. The van der Waals surface area contributed by atoms with Gasteiger partial charge in [0.2, 0.25) is 15.9 Å². The van der Waals surface area contributed by atoms with Crippen molar-refractivity contribution in [3.05, 3.63) is 72.8 Å². The standard InChI is InChI=1S/C26H29N3O8S2/c1-35-21-10-13-24(25(18-21)36-2)29(39(33,34)22-6-4-3-5-7-22)19-26(30)27-20-8-11-23(12-9-20)38(31,32)28-14-16-37-17-15-28/h3-13,18H,14-17,19H2,1-2H3,(H,27,30). The summed E-state index contributed by atoms with van der Waals surface area (Å²) >= 11 is 0. The number of amides is 1. The van der Waals surface area contributed by atoms with Crippen molar-refractivity contribution in [2.45, 2.75) is 9.79 Å². The van der Waals surface area contributed by atoms with Crippen LogP contribution in [0.1, 0.15) is 0 Å². The quantitative estimate of drug-likeness (QED) is 0.390. The molecule has 11 nitrogen and oxygen atoms in total. The summed E-state index contributed by atoms with van der Waals surface area (Å²) in [5.74, 6) is -0.000256. The number of benzene rings is 3. The minimum atomic E-state index is -4.18. The van der Waals surface area contributed by atoms with Crippen molar-refractivity contribution in [3.8, 4) is 11.5 Å². The predicted molar refractivity (Wildman–Crippen MR) is 145 cm³/mol. The maximum Gasteiger partial charge on any atom is 0.264 e. The number of nitrogens with one attached hydrogen (secondary N) is 1. The minimum absolute atomic E-state index is 0.00616. The fraction of sp³-hybridized carbons (Fsp3) is 0.269. The molecule has 1 saturated heterocycles. The van der Waals surface area contributed by atoms with Gasteiger partial charge in [-0.25, -0.2) is 16.8 Å². The third-order valence-corrected chi connectivity index (χ3v) is 9.71. The summed E-state index contributed by atoms with van der Waals surface area (Å²) in [4.78, 5) is 13.2. The van der Waals surface area contributed by atoms with E-state index in [1.165, 1.54) is 67.1 Å². The normalized spacial score (nSPS) is 14.4. The van der Waals surface area contributed by atoms with Gasteiger partial charge < -0.3 is 19.5 Å². The van der Waals surface area contributed by atoms with E-state index < -0.39 is 32.5 Å². The molecule has 0 radical (unpaired) electrons. The summed E-state index contributed by atoms with van der Waals surface area (Å²) in [5.41, 5.74) is 0.448. The highest BCUT2D eigenvalue weighted by Gasteiger charge is 2.30. The minimum Gasteiger partial charge on any atom is -0.497 e. The largest absolute Gasteiger partial charge is 0.497 e. The molecule has 4 rings (SSSR count). The summed E-state index contributed by atoms with van der Waals surface area (Å²) in [6.45, 7) is 0.611. The van der Waals surface area contributed by atoms with Crippen molar-refractivity contribution in [3.63, 3.8) is 0 Å². The molecule has 0 bridgehead atoms. The Hall–Kier alpha value is -3.65. The van der Waals surface area contributed by atoms with Gasteiger partial charge in [-0.1, -0.05) is 18.2 Å². The fourth-order valence-corrected chi connectivity index (χ4v) is 6.85. The molecule has 0 aromatic heterocycles. The maximum absolute atomic E-state index is 13.6. The summed E-state index contributed by atoms with van der Waals surface area (Å²) in [6.07, 6.45) is 0. The number of carbonyl (C=O) groups excluding carboxylic acids is 1. The van der Waals surface area contributed by atoms with Gasteiger partial charge in [-0.2, -0.15) is 4.31 Å². The van der Waals surface area contributed by atoms with Gasteiger partial charge in [0.25, 0.3) is 10.0 Å². The molecule has 1 aliphatic rings. The van der Waals surface area contributed by atoms with Crippen LogP contribution in [0, 0.1) is 0 Å². The first-order chi connectivity index (χ1) is 18.7. The maximum atomic E-state index is 13.6. The van der Waals surface area contributed by atoms with Crippen molar-refractivity contribution >= 4 is 37.3 Å². The van der Waals surface area contributed by atoms with Gasteiger partial charge in [-0.15, -0.1) is 0 Å². The zero-order valence-electron chi connectivity index (χ0n) is 21.4. The zero-order valence-corrected chi connectivity index (χ0v) is 23.1. The Kier molecular flexibility index (Phi) is 8.75. The fourth-order valence-electron chi connectivity index (χ4n) is 3.99. The van der Waals surface area contributed by atoms with Crippen LogP contribution in [0.25, 0.3) is 0 Å². The predicted octanol–water partition coefficient (Wildman–Crippen LogP) is 2.56. The number of methoxy groups -OCH3 is 2. The number of rotatable bonds is 10. The lowest BCUT2D eigenvalue weighted by molar-refractivity contribution is -0.114. The third-order valence-electron chi connectivity index (χ3n) is 6.02. The monoisotopic (exact) mass is 575 g/mol. The third kappa shape index (κ3) is 6.33. The number of carbonyl (C=O) groups is 1. The highest BCUT2D eigenvalue weighted by atomic mass is 32.2. The molecule has 0 spiro atoms. The van der Waals surface area contributed by atoms with Crippen LogP contribution in [0.5, 0.6) is 11.5 Å². The Balaban J connectivity index is 1.59. The van der Waals surface area contributed by atoms with Crippen LogP contribution in [0.2, 0.25) is 0 Å². The van der Waals surface area contributed by atoms with E-state index in [2.05, 4.69) is 5.32 Å². The van der Waals surface area contributed by atoms with Crippen LogP contribution in [0.4, 0.5) is 11.4 Å².